The number of nitrogens with zero attached hydrogens (tertiary/aromatic N) is 1. The molecule has 0 aromatic carbocycles. The van der Waals surface area contributed by atoms with E-state index in [1.54, 1.807) is 0 Å². The van der Waals surface area contributed by atoms with E-state index in [4.69, 9.17) is 28.0 Å². The van der Waals surface area contributed by atoms with Crippen molar-refractivity contribution in [2.24, 2.45) is 27.9 Å². The average molecular weight is 203 g/mol. The number of guanidine groups is 1. The van der Waals surface area contributed by atoms with Gasteiger partial charge in [-0.05, 0) is 25.8 Å². The van der Waals surface area contributed by atoms with Gasteiger partial charge in [-0.15, -0.1) is 0 Å². The van der Waals surface area contributed by atoms with Gasteiger partial charge in [0.2, 0.25) is 5.66 Å². The Balaban J connectivity index is 4.41. The Bertz CT molecular complexity index is 226. The maximum Gasteiger partial charge on any atom is 0.346 e. The number of hydrogen-bond donors (Lipinski definition) is 5. The molecular weight excluding hydrogens is 186 g/mol. The fraction of sp³-hybridized carbons (Fsp3) is 0.714. The minimum Gasteiger partial charge on any atom is -0.478 e. The van der Waals surface area contributed by atoms with Crippen LogP contribution >= 0.6 is 0 Å². The zero-order valence-corrected chi connectivity index (χ0v) is 7.94. The summed E-state index contributed by atoms with van der Waals surface area (Å²) in [6.45, 7) is 0.484. The molecule has 0 radical (unpaired) electrons. The molecule has 0 rings (SSSR count). The van der Waals surface area contributed by atoms with Crippen molar-refractivity contribution in [1.29, 1.82) is 0 Å². The molecule has 0 aliphatic rings. The van der Waals surface area contributed by atoms with Gasteiger partial charge in [0, 0.05) is 0 Å². The minimum absolute atomic E-state index is 0.164. The lowest BCUT2D eigenvalue weighted by atomic mass is 10.0. The van der Waals surface area contributed by atoms with Crippen molar-refractivity contribution in [3.8, 4) is 0 Å². The predicted molar refractivity (Wildman–Crippen MR) is 53.3 cm³/mol. The van der Waals surface area contributed by atoms with Gasteiger partial charge in [0.25, 0.3) is 0 Å². The van der Waals surface area contributed by atoms with Crippen LogP contribution in [0, 0.1) is 0 Å². The van der Waals surface area contributed by atoms with Crippen molar-refractivity contribution < 1.29 is 9.90 Å². The van der Waals surface area contributed by atoms with E-state index in [-0.39, 0.29) is 12.4 Å². The number of carboxylic acid groups (broad SMARTS) is 1. The van der Waals surface area contributed by atoms with Crippen LogP contribution in [0.2, 0.25) is 0 Å². The second-order valence-corrected chi connectivity index (χ2v) is 3.01. The normalized spacial score (nSPS) is 14.4. The first-order valence-corrected chi connectivity index (χ1v) is 4.25. The zero-order chi connectivity index (χ0) is 11.2. The molecule has 82 valence electrons. The molecule has 0 aromatic rings. The van der Waals surface area contributed by atoms with Gasteiger partial charge < -0.3 is 22.3 Å². The van der Waals surface area contributed by atoms with Gasteiger partial charge in [0.05, 0.1) is 0 Å². The van der Waals surface area contributed by atoms with Crippen LogP contribution in [0.3, 0.4) is 0 Å². The molecular formula is C7H17N5O2. The molecule has 0 aromatic heterocycles. The number of aliphatic carboxylic acids is 1. The van der Waals surface area contributed by atoms with Crippen LogP contribution in [0.4, 0.5) is 0 Å². The van der Waals surface area contributed by atoms with E-state index in [9.17, 15) is 4.79 Å². The highest BCUT2D eigenvalue weighted by atomic mass is 16.4. The quantitative estimate of drug-likeness (QED) is 0.193. The molecule has 14 heavy (non-hydrogen) atoms. The number of carbonyl (C=O) groups is 1. The van der Waals surface area contributed by atoms with Crippen LogP contribution in [0.15, 0.2) is 4.99 Å². The highest BCUT2D eigenvalue weighted by Crippen LogP contribution is 2.12. The van der Waals surface area contributed by atoms with Crippen molar-refractivity contribution in [2.45, 2.75) is 24.9 Å². The second kappa shape index (κ2) is 5.40. The van der Waals surface area contributed by atoms with Crippen LogP contribution in [0.5, 0.6) is 0 Å². The first-order chi connectivity index (χ1) is 6.42. The van der Waals surface area contributed by atoms with E-state index in [0.717, 1.165) is 0 Å². The van der Waals surface area contributed by atoms with Gasteiger partial charge in [-0.2, -0.15) is 0 Å². The number of carboxylic acids is 1. The number of unbranched alkanes of at least 4 members (excludes halogenated alkanes) is 1. The van der Waals surface area contributed by atoms with Gasteiger partial charge in [-0.1, -0.05) is 0 Å². The molecule has 0 amide bonds. The molecule has 0 bridgehead atoms. The molecule has 1 unspecified atom stereocenters. The molecule has 1 atom stereocenters. The maximum absolute atomic E-state index is 10.8. The molecule has 7 nitrogen and oxygen atoms in total. The Labute approximate surface area is 82.1 Å². The average Bonchev–Trinajstić information content (AvgIpc) is 2.03. The summed E-state index contributed by atoms with van der Waals surface area (Å²) in [4.78, 5) is 14.3. The van der Waals surface area contributed by atoms with E-state index in [0.29, 0.717) is 19.4 Å². The molecule has 9 N–H and O–H groups in total. The number of nitrogens with two attached hydrogens (primary N) is 4. The maximum atomic E-state index is 10.8. The molecule has 0 aliphatic heterocycles. The zero-order valence-electron chi connectivity index (χ0n) is 7.94. The number of rotatable bonds is 6. The van der Waals surface area contributed by atoms with Gasteiger partial charge in [0.15, 0.2) is 5.96 Å². The van der Waals surface area contributed by atoms with Crippen molar-refractivity contribution in [2.75, 3.05) is 6.54 Å². The molecule has 0 heterocycles. The Morgan fingerprint density at radius 3 is 2.29 bits per heavy atom. The third-order valence-electron chi connectivity index (χ3n) is 1.71. The number of aliphatic imine (C=N–C) groups is 1. The fourth-order valence-electron chi connectivity index (χ4n) is 0.980. The second-order valence-electron chi connectivity index (χ2n) is 3.01. The summed E-state index contributed by atoms with van der Waals surface area (Å²) in [5.41, 5.74) is 19.2. The van der Waals surface area contributed by atoms with E-state index < -0.39 is 11.6 Å². The highest BCUT2D eigenvalue weighted by molar-refractivity contribution is 5.84. The first-order valence-electron chi connectivity index (χ1n) is 4.25. The summed E-state index contributed by atoms with van der Waals surface area (Å²) in [7, 11) is 0. The fourth-order valence-corrected chi connectivity index (χ4v) is 0.980. The summed E-state index contributed by atoms with van der Waals surface area (Å²) >= 11 is 0. The molecule has 7 heteroatoms. The third-order valence-corrected chi connectivity index (χ3v) is 1.71. The molecule has 0 aliphatic carbocycles. The van der Waals surface area contributed by atoms with E-state index in [2.05, 4.69) is 4.99 Å². The Hall–Kier alpha value is -1.34. The van der Waals surface area contributed by atoms with E-state index in [1.807, 2.05) is 0 Å². The monoisotopic (exact) mass is 203 g/mol. The first kappa shape index (κ1) is 12.7. The summed E-state index contributed by atoms with van der Waals surface area (Å²) < 4.78 is 0. The van der Waals surface area contributed by atoms with Crippen LogP contribution in [0.1, 0.15) is 19.3 Å². The lowest BCUT2D eigenvalue weighted by Gasteiger charge is -2.19. The lowest BCUT2D eigenvalue weighted by Crippen LogP contribution is -2.48. The van der Waals surface area contributed by atoms with Crippen LogP contribution < -0.4 is 22.9 Å². The Morgan fingerprint density at radius 1 is 1.36 bits per heavy atom. The highest BCUT2D eigenvalue weighted by Gasteiger charge is 2.32. The SMILES string of the molecule is NCCCCC(N)(N=C(N)N)C(=O)O. The molecule has 0 spiro atoms. The van der Waals surface area contributed by atoms with Crippen molar-refractivity contribution in [1.82, 2.24) is 0 Å². The topological polar surface area (TPSA) is 154 Å². The van der Waals surface area contributed by atoms with Gasteiger partial charge >= 0.3 is 5.97 Å². The van der Waals surface area contributed by atoms with Crippen molar-refractivity contribution in [3.05, 3.63) is 0 Å². The predicted octanol–water partition coefficient (Wildman–Crippen LogP) is -1.87. The Morgan fingerprint density at radius 2 is 1.93 bits per heavy atom. The van der Waals surface area contributed by atoms with Gasteiger partial charge in [0.1, 0.15) is 0 Å². The lowest BCUT2D eigenvalue weighted by molar-refractivity contribution is -0.143. The smallest absolute Gasteiger partial charge is 0.346 e. The summed E-state index contributed by atoms with van der Waals surface area (Å²) in [5.74, 6) is -1.58. The standard InChI is InChI=1S/C7H17N5O2/c8-4-2-1-3-7(11,5(13)14)12-6(9)10/h1-4,8,11H2,(H,13,14)(H4,9,10,12). The van der Waals surface area contributed by atoms with Crippen LogP contribution in [-0.2, 0) is 4.79 Å². The number of hydrogen-bond acceptors (Lipinski definition) is 4. The largest absolute Gasteiger partial charge is 0.478 e. The van der Waals surface area contributed by atoms with Crippen molar-refractivity contribution in [3.63, 3.8) is 0 Å². The summed E-state index contributed by atoms with van der Waals surface area (Å²) in [6, 6.07) is 0. The third kappa shape index (κ3) is 4.06. The van der Waals surface area contributed by atoms with Crippen molar-refractivity contribution >= 4 is 11.9 Å². The van der Waals surface area contributed by atoms with Crippen LogP contribution in [-0.4, -0.2) is 29.2 Å². The minimum atomic E-state index is -1.73. The van der Waals surface area contributed by atoms with Gasteiger partial charge in [-0.25, -0.2) is 9.79 Å². The van der Waals surface area contributed by atoms with E-state index in [1.165, 1.54) is 0 Å². The molecule has 0 fully saturated rings. The Kier molecular flexibility index (Phi) is 4.89. The summed E-state index contributed by atoms with van der Waals surface area (Å²) in [6.07, 6.45) is 1.42. The molecule has 0 saturated carbocycles. The van der Waals surface area contributed by atoms with Gasteiger partial charge in [-0.3, -0.25) is 5.73 Å². The van der Waals surface area contributed by atoms with Crippen LogP contribution in [0.25, 0.3) is 0 Å². The van der Waals surface area contributed by atoms with E-state index >= 15 is 0 Å². The molecule has 0 saturated heterocycles. The summed E-state index contributed by atoms with van der Waals surface area (Å²) in [5, 5.41) is 8.81.